The Morgan fingerprint density at radius 1 is 1.06 bits per heavy atom. The molecule has 0 N–H and O–H groups in total. The van der Waals surface area contributed by atoms with Crippen LogP contribution in [0.3, 0.4) is 0 Å². The van der Waals surface area contributed by atoms with Gasteiger partial charge in [-0.05, 0) is 41.7 Å². The van der Waals surface area contributed by atoms with Crippen LogP contribution in [0.5, 0.6) is 0 Å². The lowest BCUT2D eigenvalue weighted by molar-refractivity contribution is 0.501. The van der Waals surface area contributed by atoms with Gasteiger partial charge in [-0.3, -0.25) is 4.99 Å². The van der Waals surface area contributed by atoms with Crippen LogP contribution in [0.2, 0.25) is 0 Å². The van der Waals surface area contributed by atoms with E-state index in [-0.39, 0.29) is 5.41 Å². The molecule has 18 heavy (non-hydrogen) atoms. The van der Waals surface area contributed by atoms with Gasteiger partial charge in [0, 0.05) is 11.1 Å². The van der Waals surface area contributed by atoms with Crippen molar-refractivity contribution in [2.45, 2.75) is 38.0 Å². The number of hydrogen-bond donors (Lipinski definition) is 0. The summed E-state index contributed by atoms with van der Waals surface area (Å²) < 4.78 is 0. The van der Waals surface area contributed by atoms with E-state index in [0.717, 1.165) is 0 Å². The third-order valence-corrected chi connectivity index (χ3v) is 4.69. The first kappa shape index (κ1) is 10.3. The van der Waals surface area contributed by atoms with E-state index in [9.17, 15) is 0 Å². The van der Waals surface area contributed by atoms with Gasteiger partial charge in [0.1, 0.15) is 0 Å². The Morgan fingerprint density at radius 2 is 1.94 bits per heavy atom. The molecule has 2 aromatic carbocycles. The van der Waals surface area contributed by atoms with Crippen molar-refractivity contribution >= 4 is 22.2 Å². The minimum absolute atomic E-state index is 0.203. The van der Waals surface area contributed by atoms with E-state index >= 15 is 0 Å². The molecule has 0 aromatic heterocycles. The lowest BCUT2D eigenvalue weighted by atomic mass is 9.69. The monoisotopic (exact) mass is 235 g/mol. The lowest BCUT2D eigenvalue weighted by Gasteiger charge is -2.32. The fourth-order valence-corrected chi connectivity index (χ4v) is 3.72. The van der Waals surface area contributed by atoms with Crippen molar-refractivity contribution in [2.24, 2.45) is 4.99 Å². The highest BCUT2D eigenvalue weighted by Crippen LogP contribution is 2.49. The van der Waals surface area contributed by atoms with Crippen LogP contribution in [-0.4, -0.2) is 5.71 Å². The summed E-state index contributed by atoms with van der Waals surface area (Å²) in [7, 11) is 0. The smallest absolute Gasteiger partial charge is 0.0677 e. The Labute approximate surface area is 108 Å². The number of hydrogen-bond acceptors (Lipinski definition) is 1. The highest BCUT2D eigenvalue weighted by molar-refractivity contribution is 6.07. The third-order valence-electron chi connectivity index (χ3n) is 4.69. The lowest BCUT2D eigenvalue weighted by Crippen LogP contribution is -2.32. The van der Waals surface area contributed by atoms with Gasteiger partial charge in [-0.25, -0.2) is 0 Å². The Morgan fingerprint density at radius 3 is 2.89 bits per heavy atom. The van der Waals surface area contributed by atoms with Crippen molar-refractivity contribution in [1.29, 1.82) is 0 Å². The molecule has 1 fully saturated rings. The van der Waals surface area contributed by atoms with Crippen molar-refractivity contribution in [2.75, 3.05) is 0 Å². The predicted octanol–water partition coefficient (Wildman–Crippen LogP) is 4.76. The molecule has 0 spiro atoms. The Hall–Kier alpha value is -1.63. The van der Waals surface area contributed by atoms with E-state index < -0.39 is 0 Å². The molecule has 90 valence electrons. The summed E-state index contributed by atoms with van der Waals surface area (Å²) >= 11 is 0. The molecule has 1 nitrogen and oxygen atoms in total. The van der Waals surface area contributed by atoms with Gasteiger partial charge in [0.15, 0.2) is 0 Å². The molecular weight excluding hydrogens is 218 g/mol. The average Bonchev–Trinajstić information content (AvgIpc) is 2.71. The summed E-state index contributed by atoms with van der Waals surface area (Å²) in [6.07, 6.45) is 5.07. The first-order valence-electron chi connectivity index (χ1n) is 6.89. The number of benzene rings is 2. The second kappa shape index (κ2) is 3.44. The second-order valence-corrected chi connectivity index (χ2v) is 5.78. The summed E-state index contributed by atoms with van der Waals surface area (Å²) in [6, 6.07) is 13.1. The zero-order valence-corrected chi connectivity index (χ0v) is 10.7. The van der Waals surface area contributed by atoms with Gasteiger partial charge >= 0.3 is 0 Å². The predicted molar refractivity (Wildman–Crippen MR) is 76.9 cm³/mol. The number of rotatable bonds is 0. The first-order chi connectivity index (χ1) is 8.79. The quantitative estimate of drug-likeness (QED) is 0.624. The highest BCUT2D eigenvalue weighted by atomic mass is 14.8. The Balaban J connectivity index is 2.06. The number of aliphatic imine (C=N–C) groups is 1. The van der Waals surface area contributed by atoms with Crippen LogP contribution in [0.15, 0.2) is 41.4 Å². The van der Waals surface area contributed by atoms with Gasteiger partial charge in [-0.2, -0.15) is 0 Å². The standard InChI is InChI=1S/C17H17N/c1-17-11-5-4-8-15(17)18-14-10-9-12-6-2-3-7-13(12)16(14)17/h2-3,6-7,9-10H,4-5,8,11H2,1H3/t17-/m0/s1. The fourth-order valence-electron chi connectivity index (χ4n) is 3.72. The molecule has 4 rings (SSSR count). The summed E-state index contributed by atoms with van der Waals surface area (Å²) in [4.78, 5) is 4.91. The third kappa shape index (κ3) is 1.19. The van der Waals surface area contributed by atoms with Crippen molar-refractivity contribution in [3.05, 3.63) is 42.0 Å². The minimum Gasteiger partial charge on any atom is -0.257 e. The number of fused-ring (bicyclic) bond motifs is 5. The molecule has 0 radical (unpaired) electrons. The van der Waals surface area contributed by atoms with Gasteiger partial charge in [-0.15, -0.1) is 0 Å². The average molecular weight is 235 g/mol. The maximum absolute atomic E-state index is 4.91. The maximum Gasteiger partial charge on any atom is 0.0677 e. The minimum atomic E-state index is 0.203. The summed E-state index contributed by atoms with van der Waals surface area (Å²) in [5.41, 5.74) is 4.32. The molecule has 1 heterocycles. The van der Waals surface area contributed by atoms with Crippen LogP contribution in [0.1, 0.15) is 38.2 Å². The molecule has 1 aliphatic heterocycles. The van der Waals surface area contributed by atoms with Gasteiger partial charge < -0.3 is 0 Å². The van der Waals surface area contributed by atoms with Crippen molar-refractivity contribution < 1.29 is 0 Å². The summed E-state index contributed by atoms with van der Waals surface area (Å²) in [6.45, 7) is 2.39. The van der Waals surface area contributed by atoms with Crippen LogP contribution in [-0.2, 0) is 5.41 Å². The zero-order chi connectivity index (χ0) is 12.2. The molecule has 0 unspecified atom stereocenters. The van der Waals surface area contributed by atoms with Crippen LogP contribution in [0, 0.1) is 0 Å². The first-order valence-corrected chi connectivity index (χ1v) is 6.89. The van der Waals surface area contributed by atoms with Crippen molar-refractivity contribution in [3.8, 4) is 0 Å². The Kier molecular flexibility index (Phi) is 1.97. The maximum atomic E-state index is 4.91. The molecule has 0 amide bonds. The molecule has 2 aliphatic rings. The van der Waals surface area contributed by atoms with Crippen LogP contribution >= 0.6 is 0 Å². The van der Waals surface area contributed by atoms with E-state index in [1.165, 1.54) is 53.4 Å². The molecule has 1 saturated carbocycles. The second-order valence-electron chi connectivity index (χ2n) is 5.78. The molecule has 2 aromatic rings. The SMILES string of the molecule is C[C@]12CCCCC1=Nc1ccc3ccccc3c12. The van der Waals surface area contributed by atoms with Gasteiger partial charge in [-0.1, -0.05) is 43.7 Å². The van der Waals surface area contributed by atoms with E-state index in [1.807, 2.05) is 0 Å². The van der Waals surface area contributed by atoms with Crippen molar-refractivity contribution in [1.82, 2.24) is 0 Å². The van der Waals surface area contributed by atoms with E-state index in [1.54, 1.807) is 0 Å². The molecule has 1 heteroatoms. The van der Waals surface area contributed by atoms with Crippen molar-refractivity contribution in [3.63, 3.8) is 0 Å². The topological polar surface area (TPSA) is 12.4 Å². The normalized spacial score (nSPS) is 25.7. The number of nitrogens with zero attached hydrogens (tertiary/aromatic N) is 1. The van der Waals surface area contributed by atoms with Crippen LogP contribution in [0.4, 0.5) is 5.69 Å². The molecular formula is C17H17N. The van der Waals surface area contributed by atoms with E-state index in [2.05, 4.69) is 43.3 Å². The van der Waals surface area contributed by atoms with Gasteiger partial charge in [0.2, 0.25) is 0 Å². The van der Waals surface area contributed by atoms with E-state index in [4.69, 9.17) is 4.99 Å². The molecule has 0 saturated heterocycles. The largest absolute Gasteiger partial charge is 0.257 e. The summed E-state index contributed by atoms with van der Waals surface area (Å²) in [5, 5.41) is 2.75. The highest BCUT2D eigenvalue weighted by Gasteiger charge is 2.41. The van der Waals surface area contributed by atoms with E-state index in [0.29, 0.717) is 0 Å². The van der Waals surface area contributed by atoms with Crippen LogP contribution in [0.25, 0.3) is 10.8 Å². The molecule has 1 atom stereocenters. The zero-order valence-electron chi connectivity index (χ0n) is 10.7. The summed E-state index contributed by atoms with van der Waals surface area (Å²) in [5.74, 6) is 0. The fraction of sp³-hybridized carbons (Fsp3) is 0.353. The molecule has 1 aliphatic carbocycles. The Bertz CT molecular complexity index is 668. The van der Waals surface area contributed by atoms with Gasteiger partial charge in [0.05, 0.1) is 5.69 Å². The van der Waals surface area contributed by atoms with Crippen LogP contribution < -0.4 is 0 Å². The van der Waals surface area contributed by atoms with Gasteiger partial charge in [0.25, 0.3) is 0 Å². The molecule has 0 bridgehead atoms.